The van der Waals surface area contributed by atoms with E-state index in [1.54, 1.807) is 4.57 Å². The highest BCUT2D eigenvalue weighted by atomic mass is 16.5. The number of aryl methyl sites for hydroxylation is 2. The van der Waals surface area contributed by atoms with Gasteiger partial charge in [0.1, 0.15) is 12.2 Å². The molecule has 3 aliphatic rings. The normalized spacial score (nSPS) is 24.6. The molecule has 1 saturated heterocycles. The molecule has 1 aliphatic carbocycles. The minimum atomic E-state index is -0.479. The van der Waals surface area contributed by atoms with E-state index < -0.39 is 16.7 Å². The van der Waals surface area contributed by atoms with Crippen LogP contribution in [0.5, 0.6) is 0 Å². The van der Waals surface area contributed by atoms with Gasteiger partial charge in [-0.05, 0) is 38.7 Å². The van der Waals surface area contributed by atoms with Crippen molar-refractivity contribution in [2.24, 2.45) is 0 Å². The van der Waals surface area contributed by atoms with Crippen molar-refractivity contribution in [3.63, 3.8) is 0 Å². The number of aromatic nitrogens is 3. The van der Waals surface area contributed by atoms with Crippen LogP contribution in [0.2, 0.25) is 0 Å². The molecule has 3 heterocycles. The van der Waals surface area contributed by atoms with Crippen LogP contribution in [-0.4, -0.2) is 37.9 Å². The summed E-state index contributed by atoms with van der Waals surface area (Å²) in [7, 11) is 0. The lowest BCUT2D eigenvalue weighted by molar-refractivity contribution is -0.0860. The average molecular weight is 411 g/mol. The van der Waals surface area contributed by atoms with E-state index in [4.69, 9.17) is 4.74 Å². The Bertz CT molecular complexity index is 1060. The molecule has 1 aromatic carbocycles. The van der Waals surface area contributed by atoms with Gasteiger partial charge in [0.2, 0.25) is 0 Å². The zero-order valence-corrected chi connectivity index (χ0v) is 17.9. The lowest BCUT2D eigenvalue weighted by Gasteiger charge is -2.35. The fourth-order valence-corrected chi connectivity index (χ4v) is 5.50. The molecule has 30 heavy (non-hydrogen) atoms. The SMILES string of the molecule is Cc1cc(C)cc(CN2CC[C@@]3(C2)Cn2c(nn(C4CCCC4)c(=O)c2=O)CO3)c1. The first-order valence-electron chi connectivity index (χ1n) is 11.1. The molecule has 0 amide bonds. The van der Waals surface area contributed by atoms with E-state index in [-0.39, 0.29) is 6.04 Å². The number of ether oxygens (including phenoxy) is 1. The van der Waals surface area contributed by atoms with Gasteiger partial charge in [0.25, 0.3) is 0 Å². The van der Waals surface area contributed by atoms with E-state index in [1.165, 1.54) is 21.4 Å². The second-order valence-electron chi connectivity index (χ2n) is 9.42. The molecular weight excluding hydrogens is 380 g/mol. The number of rotatable bonds is 3. The van der Waals surface area contributed by atoms with Gasteiger partial charge in [0.05, 0.1) is 12.6 Å². The van der Waals surface area contributed by atoms with Crippen LogP contribution < -0.4 is 11.1 Å². The van der Waals surface area contributed by atoms with Crippen LogP contribution in [0.15, 0.2) is 27.8 Å². The molecule has 1 saturated carbocycles. The quantitative estimate of drug-likeness (QED) is 0.727. The van der Waals surface area contributed by atoms with E-state index in [1.807, 2.05) is 0 Å². The Morgan fingerprint density at radius 2 is 1.80 bits per heavy atom. The van der Waals surface area contributed by atoms with Crippen LogP contribution >= 0.6 is 0 Å². The minimum Gasteiger partial charge on any atom is -0.364 e. The lowest BCUT2D eigenvalue weighted by Crippen LogP contribution is -2.53. The van der Waals surface area contributed by atoms with E-state index in [0.29, 0.717) is 19.0 Å². The van der Waals surface area contributed by atoms with Crippen molar-refractivity contribution in [3.05, 3.63) is 61.4 Å². The van der Waals surface area contributed by atoms with Crippen molar-refractivity contribution in [3.8, 4) is 0 Å². The lowest BCUT2D eigenvalue weighted by atomic mass is 10.0. The van der Waals surface area contributed by atoms with Crippen LogP contribution in [0, 0.1) is 13.8 Å². The van der Waals surface area contributed by atoms with E-state index in [2.05, 4.69) is 42.0 Å². The fourth-order valence-electron chi connectivity index (χ4n) is 5.50. The maximum atomic E-state index is 12.9. The van der Waals surface area contributed by atoms with E-state index in [0.717, 1.165) is 51.7 Å². The molecule has 1 aromatic heterocycles. The first-order valence-corrected chi connectivity index (χ1v) is 11.1. The summed E-state index contributed by atoms with van der Waals surface area (Å²) >= 11 is 0. The van der Waals surface area contributed by atoms with Crippen LogP contribution in [0.25, 0.3) is 0 Å². The van der Waals surface area contributed by atoms with Crippen molar-refractivity contribution in [2.75, 3.05) is 13.1 Å². The number of hydrogen-bond acceptors (Lipinski definition) is 5. The fraction of sp³-hybridized carbons (Fsp3) is 0.609. The van der Waals surface area contributed by atoms with Gasteiger partial charge in [-0.3, -0.25) is 19.1 Å². The molecule has 7 nitrogen and oxygen atoms in total. The summed E-state index contributed by atoms with van der Waals surface area (Å²) in [6.07, 6.45) is 4.89. The van der Waals surface area contributed by atoms with Gasteiger partial charge in [0, 0.05) is 19.6 Å². The van der Waals surface area contributed by atoms with Crippen LogP contribution in [0.3, 0.4) is 0 Å². The number of benzene rings is 1. The maximum absolute atomic E-state index is 12.9. The van der Waals surface area contributed by atoms with Crippen LogP contribution in [-0.2, 0) is 24.4 Å². The molecule has 1 atom stereocenters. The third-order valence-corrected chi connectivity index (χ3v) is 6.88. The van der Waals surface area contributed by atoms with Gasteiger partial charge in [-0.1, -0.05) is 42.2 Å². The summed E-state index contributed by atoms with van der Waals surface area (Å²) in [5, 5.41) is 4.54. The Balaban J connectivity index is 1.36. The second-order valence-corrected chi connectivity index (χ2v) is 9.42. The summed E-state index contributed by atoms with van der Waals surface area (Å²) in [6.45, 7) is 7.51. The van der Waals surface area contributed by atoms with Crippen molar-refractivity contribution in [1.29, 1.82) is 0 Å². The Morgan fingerprint density at radius 3 is 2.53 bits per heavy atom. The molecule has 2 fully saturated rings. The van der Waals surface area contributed by atoms with Gasteiger partial charge < -0.3 is 4.74 Å². The largest absolute Gasteiger partial charge is 0.364 e. The highest BCUT2D eigenvalue weighted by Crippen LogP contribution is 2.32. The van der Waals surface area contributed by atoms with Gasteiger partial charge in [0.15, 0.2) is 5.82 Å². The molecule has 0 bridgehead atoms. The molecule has 2 aromatic rings. The Hall–Kier alpha value is -2.25. The summed E-state index contributed by atoms with van der Waals surface area (Å²) in [4.78, 5) is 28.0. The van der Waals surface area contributed by atoms with Crippen molar-refractivity contribution >= 4 is 0 Å². The molecule has 0 N–H and O–H groups in total. The monoisotopic (exact) mass is 410 g/mol. The molecule has 7 heteroatoms. The Kier molecular flexibility index (Phi) is 4.90. The molecular formula is C23H30N4O3. The molecule has 0 unspecified atom stereocenters. The Morgan fingerprint density at radius 1 is 1.07 bits per heavy atom. The highest BCUT2D eigenvalue weighted by molar-refractivity contribution is 5.28. The zero-order chi connectivity index (χ0) is 20.9. The summed E-state index contributed by atoms with van der Waals surface area (Å²) in [6, 6.07) is 6.71. The third kappa shape index (κ3) is 3.54. The first kappa shape index (κ1) is 19.7. The van der Waals surface area contributed by atoms with Gasteiger partial charge in [-0.2, -0.15) is 5.10 Å². The van der Waals surface area contributed by atoms with Gasteiger partial charge in [-0.15, -0.1) is 0 Å². The second kappa shape index (κ2) is 7.46. The summed E-state index contributed by atoms with van der Waals surface area (Å²) < 4.78 is 9.32. The highest BCUT2D eigenvalue weighted by Gasteiger charge is 2.43. The molecule has 5 rings (SSSR count). The van der Waals surface area contributed by atoms with Crippen molar-refractivity contribution in [1.82, 2.24) is 19.2 Å². The van der Waals surface area contributed by atoms with Gasteiger partial charge >= 0.3 is 11.1 Å². The first-order chi connectivity index (χ1) is 14.4. The predicted molar refractivity (Wildman–Crippen MR) is 114 cm³/mol. The smallest absolute Gasteiger partial charge is 0.332 e. The summed E-state index contributed by atoms with van der Waals surface area (Å²) in [5.41, 5.74) is 2.52. The van der Waals surface area contributed by atoms with Crippen molar-refractivity contribution < 1.29 is 4.74 Å². The topological polar surface area (TPSA) is 69.4 Å². The van der Waals surface area contributed by atoms with Crippen LogP contribution in [0.1, 0.15) is 60.7 Å². The summed E-state index contributed by atoms with van der Waals surface area (Å²) in [5.74, 6) is 0.588. The maximum Gasteiger partial charge on any atom is 0.332 e. The molecule has 0 radical (unpaired) electrons. The van der Waals surface area contributed by atoms with Gasteiger partial charge in [-0.25, -0.2) is 4.68 Å². The van der Waals surface area contributed by atoms with Crippen molar-refractivity contribution in [2.45, 2.75) is 77.3 Å². The standard InChI is InChI=1S/C23H30N4O3/c1-16-9-17(2)11-18(10-16)12-25-8-7-23(14-25)15-26-20(13-30-23)24-27(22(29)21(26)28)19-5-3-4-6-19/h9-11,19H,3-8,12-15H2,1-2H3/t23-/m1/s1. The third-order valence-electron chi connectivity index (χ3n) is 6.88. The van der Waals surface area contributed by atoms with E-state index in [9.17, 15) is 9.59 Å². The van der Waals surface area contributed by atoms with E-state index >= 15 is 0 Å². The van der Waals surface area contributed by atoms with Crippen LogP contribution in [0.4, 0.5) is 0 Å². The predicted octanol–water partition coefficient (Wildman–Crippen LogP) is 2.31. The molecule has 160 valence electrons. The number of fused-ring (bicyclic) bond motifs is 1. The minimum absolute atomic E-state index is 0.0618. The zero-order valence-electron chi connectivity index (χ0n) is 17.9. The Labute approximate surface area is 176 Å². The number of likely N-dealkylation sites (tertiary alicyclic amines) is 1. The molecule has 1 spiro atoms. The average Bonchev–Trinajstić information content (AvgIpc) is 3.35. The molecule has 2 aliphatic heterocycles. The number of hydrogen-bond donors (Lipinski definition) is 0. The number of nitrogens with zero attached hydrogens (tertiary/aromatic N) is 4.